The number of nitrogens with zero attached hydrogens (tertiary/aromatic N) is 2. The molecule has 0 saturated heterocycles. The highest BCUT2D eigenvalue weighted by atomic mass is 32.2. The Hall–Kier alpha value is -2.56. The van der Waals surface area contributed by atoms with Gasteiger partial charge in [0, 0.05) is 28.6 Å². The summed E-state index contributed by atoms with van der Waals surface area (Å²) >= 11 is 3.59. The maximum Gasteiger partial charge on any atom is 0.124 e. The number of aromatic nitrogens is 1. The molecule has 4 heteroatoms. The average molecular weight is 401 g/mol. The zero-order valence-corrected chi connectivity index (χ0v) is 17.7. The zero-order valence-electron chi connectivity index (χ0n) is 16.1. The summed E-state index contributed by atoms with van der Waals surface area (Å²) in [5.41, 5.74) is 7.31. The highest BCUT2D eigenvalue weighted by Crippen LogP contribution is 2.46. The van der Waals surface area contributed by atoms with E-state index in [0.29, 0.717) is 0 Å². The van der Waals surface area contributed by atoms with E-state index >= 15 is 0 Å². The molecule has 0 aliphatic carbocycles. The lowest BCUT2D eigenvalue weighted by atomic mass is 10.1. The van der Waals surface area contributed by atoms with Crippen LogP contribution < -0.4 is 4.90 Å². The lowest BCUT2D eigenvalue weighted by molar-refractivity contribution is 1.16. The summed E-state index contributed by atoms with van der Waals surface area (Å²) in [6, 6.07) is 21.9. The van der Waals surface area contributed by atoms with Crippen LogP contribution in [0.2, 0.25) is 0 Å². The molecule has 28 heavy (non-hydrogen) atoms. The van der Waals surface area contributed by atoms with E-state index in [2.05, 4.69) is 92.7 Å². The van der Waals surface area contributed by atoms with Gasteiger partial charge in [-0.05, 0) is 31.5 Å². The molecule has 0 unspecified atom stereocenters. The molecule has 0 bridgehead atoms. The Kier molecular flexibility index (Phi) is 4.26. The van der Waals surface area contributed by atoms with E-state index in [1.54, 1.807) is 11.3 Å². The van der Waals surface area contributed by atoms with Gasteiger partial charge in [0.2, 0.25) is 0 Å². The number of benzene rings is 3. The Morgan fingerprint density at radius 2 is 1.46 bits per heavy atom. The molecule has 5 rings (SSSR count). The topological polar surface area (TPSA) is 16.1 Å². The van der Waals surface area contributed by atoms with Gasteiger partial charge in [-0.1, -0.05) is 71.4 Å². The summed E-state index contributed by atoms with van der Waals surface area (Å²) < 4.78 is 1.23. The molecule has 1 aliphatic heterocycles. The van der Waals surface area contributed by atoms with Gasteiger partial charge >= 0.3 is 0 Å². The van der Waals surface area contributed by atoms with Crippen LogP contribution in [0.4, 0.5) is 5.69 Å². The first-order valence-electron chi connectivity index (χ1n) is 9.28. The molecule has 0 N–H and O–H groups in total. The summed E-state index contributed by atoms with van der Waals surface area (Å²) in [5, 5.41) is 1.08. The van der Waals surface area contributed by atoms with Gasteiger partial charge in [-0.3, -0.25) is 0 Å². The Morgan fingerprint density at radius 1 is 0.821 bits per heavy atom. The van der Waals surface area contributed by atoms with Crippen molar-refractivity contribution in [3.63, 3.8) is 0 Å². The fourth-order valence-corrected chi connectivity index (χ4v) is 5.53. The van der Waals surface area contributed by atoms with Crippen LogP contribution in [0.5, 0.6) is 0 Å². The minimum absolute atomic E-state index is 1.07. The van der Waals surface area contributed by atoms with Crippen LogP contribution in [0.25, 0.3) is 25.7 Å². The molecule has 0 atom stereocenters. The Labute approximate surface area is 173 Å². The van der Waals surface area contributed by atoms with Gasteiger partial charge in [0.05, 0.1) is 15.9 Å². The molecule has 3 aromatic carbocycles. The van der Waals surface area contributed by atoms with E-state index in [0.717, 1.165) is 10.5 Å². The summed E-state index contributed by atoms with van der Waals surface area (Å²) in [6.45, 7) is 4.24. The molecule has 0 radical (unpaired) electrons. The first-order chi connectivity index (χ1) is 13.6. The molecule has 0 fully saturated rings. The largest absolute Gasteiger partial charge is 0.349 e. The second-order valence-electron chi connectivity index (χ2n) is 7.25. The lowest BCUT2D eigenvalue weighted by Crippen LogP contribution is -2.12. The number of rotatable bonds is 2. The third-order valence-electron chi connectivity index (χ3n) is 5.01. The van der Waals surface area contributed by atoms with Crippen molar-refractivity contribution in [1.29, 1.82) is 0 Å². The molecule has 0 saturated carbocycles. The lowest BCUT2D eigenvalue weighted by Gasteiger charge is -2.25. The highest BCUT2D eigenvalue weighted by molar-refractivity contribution is 8.08. The molecule has 4 aromatic rings. The van der Waals surface area contributed by atoms with Crippen molar-refractivity contribution in [3.05, 3.63) is 83.6 Å². The van der Waals surface area contributed by atoms with Gasteiger partial charge in [-0.25, -0.2) is 4.98 Å². The quantitative estimate of drug-likeness (QED) is 0.356. The minimum atomic E-state index is 1.07. The van der Waals surface area contributed by atoms with Crippen LogP contribution in [0.1, 0.15) is 16.7 Å². The number of hydrogen-bond acceptors (Lipinski definition) is 4. The van der Waals surface area contributed by atoms with Gasteiger partial charge in [0.1, 0.15) is 5.01 Å². The predicted octanol–water partition coefficient (Wildman–Crippen LogP) is 7.12. The number of thioether (sulfide) groups is 1. The SMILES string of the molecule is Cc1ccc(C2=CN(C)c3cc4sc(-c5ccc(C)cc5)nc4cc3S2)cc1. The number of hydrogen-bond donors (Lipinski definition) is 0. The van der Waals surface area contributed by atoms with E-state index in [1.807, 2.05) is 11.8 Å². The zero-order chi connectivity index (χ0) is 19.3. The predicted molar refractivity (Wildman–Crippen MR) is 123 cm³/mol. The fourth-order valence-electron chi connectivity index (χ4n) is 3.36. The van der Waals surface area contributed by atoms with Crippen molar-refractivity contribution in [3.8, 4) is 10.6 Å². The minimum Gasteiger partial charge on any atom is -0.349 e. The molecular formula is C24H20N2S2. The molecule has 1 aromatic heterocycles. The molecule has 2 heterocycles. The summed E-state index contributed by atoms with van der Waals surface area (Å²) in [7, 11) is 2.13. The first kappa shape index (κ1) is 17.5. The van der Waals surface area contributed by atoms with Crippen LogP contribution >= 0.6 is 23.1 Å². The second-order valence-corrected chi connectivity index (χ2v) is 9.36. The van der Waals surface area contributed by atoms with E-state index in [1.165, 1.54) is 42.4 Å². The molecule has 1 aliphatic rings. The maximum absolute atomic E-state index is 4.92. The molecule has 0 spiro atoms. The molecule has 138 valence electrons. The smallest absolute Gasteiger partial charge is 0.124 e. The number of anilines is 1. The molecule has 0 amide bonds. The molecular weight excluding hydrogens is 380 g/mol. The van der Waals surface area contributed by atoms with Gasteiger partial charge in [0.25, 0.3) is 0 Å². The van der Waals surface area contributed by atoms with Gasteiger partial charge in [-0.15, -0.1) is 11.3 Å². The van der Waals surface area contributed by atoms with Gasteiger partial charge in [0.15, 0.2) is 0 Å². The van der Waals surface area contributed by atoms with Crippen molar-refractivity contribution in [2.75, 3.05) is 11.9 Å². The van der Waals surface area contributed by atoms with E-state index in [-0.39, 0.29) is 0 Å². The van der Waals surface area contributed by atoms with Gasteiger partial charge < -0.3 is 4.90 Å². The number of aryl methyl sites for hydroxylation is 2. The van der Waals surface area contributed by atoms with Gasteiger partial charge in [-0.2, -0.15) is 0 Å². The second kappa shape index (κ2) is 6.80. The van der Waals surface area contributed by atoms with E-state index < -0.39 is 0 Å². The number of thiazole rings is 1. The van der Waals surface area contributed by atoms with Crippen molar-refractivity contribution < 1.29 is 0 Å². The normalized spacial score (nSPS) is 13.5. The van der Waals surface area contributed by atoms with Crippen molar-refractivity contribution in [2.24, 2.45) is 0 Å². The summed E-state index contributed by atoms with van der Waals surface area (Å²) in [5.74, 6) is 0. The van der Waals surface area contributed by atoms with Crippen molar-refractivity contribution in [2.45, 2.75) is 18.7 Å². The number of fused-ring (bicyclic) bond motifs is 2. The Balaban J connectivity index is 1.54. The summed E-state index contributed by atoms with van der Waals surface area (Å²) in [6.07, 6.45) is 2.23. The third kappa shape index (κ3) is 3.13. The fraction of sp³-hybridized carbons (Fsp3) is 0.125. The van der Waals surface area contributed by atoms with E-state index in [9.17, 15) is 0 Å². The summed E-state index contributed by atoms with van der Waals surface area (Å²) in [4.78, 5) is 9.68. The van der Waals surface area contributed by atoms with Crippen molar-refractivity contribution >= 4 is 43.9 Å². The Bertz CT molecular complexity index is 1200. The van der Waals surface area contributed by atoms with E-state index in [4.69, 9.17) is 4.98 Å². The van der Waals surface area contributed by atoms with Crippen molar-refractivity contribution in [1.82, 2.24) is 4.98 Å². The van der Waals surface area contributed by atoms with Crippen LogP contribution in [0, 0.1) is 13.8 Å². The van der Waals surface area contributed by atoms with Crippen LogP contribution in [0.3, 0.4) is 0 Å². The monoisotopic (exact) mass is 400 g/mol. The Morgan fingerprint density at radius 3 is 2.14 bits per heavy atom. The third-order valence-corrected chi connectivity index (χ3v) is 7.19. The van der Waals surface area contributed by atoms with Crippen LogP contribution in [-0.4, -0.2) is 12.0 Å². The molecule has 2 nitrogen and oxygen atoms in total. The average Bonchev–Trinajstić information content (AvgIpc) is 3.10. The van der Waals surface area contributed by atoms with Crippen LogP contribution in [0.15, 0.2) is 71.8 Å². The van der Waals surface area contributed by atoms with Crippen LogP contribution in [-0.2, 0) is 0 Å². The standard InChI is InChI=1S/C24H20N2S2/c1-15-4-8-17(9-5-15)23-14-26(3)20-13-21-19(12-22(20)27-23)25-24(28-21)18-10-6-16(2)7-11-18/h4-14H,1-3H3. The first-order valence-corrected chi connectivity index (χ1v) is 10.9. The highest BCUT2D eigenvalue weighted by Gasteiger charge is 2.19. The maximum atomic E-state index is 4.92.